The third kappa shape index (κ3) is 4.01. The van der Waals surface area contributed by atoms with E-state index < -0.39 is 17.6 Å². The third-order valence-corrected chi connectivity index (χ3v) is 2.90. The maximum absolute atomic E-state index is 10.9. The first-order valence-electron chi connectivity index (χ1n) is 6.27. The number of carboxylic acid groups (broad SMARTS) is 2. The fourth-order valence-corrected chi connectivity index (χ4v) is 1.92. The van der Waals surface area contributed by atoms with E-state index in [1.807, 2.05) is 30.3 Å². The maximum Gasteiger partial charge on any atom is 0.335 e. The van der Waals surface area contributed by atoms with Crippen molar-refractivity contribution in [2.75, 3.05) is 0 Å². The van der Waals surface area contributed by atoms with Gasteiger partial charge in [-0.2, -0.15) is 4.57 Å². The molecular weight excluding hydrogens is 270 g/mol. The summed E-state index contributed by atoms with van der Waals surface area (Å²) >= 11 is 0. The smallest absolute Gasteiger partial charge is 0.335 e. The molecule has 0 saturated carbocycles. The zero-order valence-electron chi connectivity index (χ0n) is 11.1. The molecule has 2 aromatic rings. The Morgan fingerprint density at radius 3 is 2.14 bits per heavy atom. The molecule has 0 fully saturated rings. The molecule has 0 aliphatic heterocycles. The Labute approximate surface area is 121 Å². The van der Waals surface area contributed by atoms with Gasteiger partial charge < -0.3 is 15.0 Å². The number of carboxylic acids is 2. The van der Waals surface area contributed by atoms with E-state index in [0.29, 0.717) is 12.5 Å². The molecular formula is C16H13NO4. The van der Waals surface area contributed by atoms with E-state index >= 15 is 0 Å². The van der Waals surface area contributed by atoms with Crippen LogP contribution >= 0.6 is 0 Å². The number of pyridine rings is 1. The van der Waals surface area contributed by atoms with Gasteiger partial charge in [0.1, 0.15) is 5.97 Å². The minimum absolute atomic E-state index is 0.422. The highest BCUT2D eigenvalue weighted by Gasteiger charge is 2.13. The first kappa shape index (κ1) is 14.5. The van der Waals surface area contributed by atoms with Crippen molar-refractivity contribution in [3.8, 4) is 0 Å². The van der Waals surface area contributed by atoms with Crippen LogP contribution in [0.4, 0.5) is 0 Å². The Morgan fingerprint density at radius 2 is 1.62 bits per heavy atom. The number of carbonyl (C=O) groups is 2. The molecule has 0 saturated heterocycles. The van der Waals surface area contributed by atoms with Gasteiger partial charge in [0.05, 0.1) is 6.08 Å². The molecule has 0 aliphatic carbocycles. The average molecular weight is 283 g/mol. The lowest BCUT2D eigenvalue weighted by molar-refractivity contribution is -0.582. The fraction of sp³-hybridized carbons (Fsp3) is 0.0625. The van der Waals surface area contributed by atoms with E-state index in [2.05, 4.69) is 0 Å². The Hall–Kier alpha value is -2.95. The molecule has 1 heterocycles. The van der Waals surface area contributed by atoms with E-state index in [-0.39, 0.29) is 0 Å². The number of rotatable bonds is 5. The summed E-state index contributed by atoms with van der Waals surface area (Å²) in [5, 5.41) is 19.6. The minimum Gasteiger partial charge on any atom is -0.539 e. The molecule has 5 heteroatoms. The van der Waals surface area contributed by atoms with Crippen LogP contribution in [0.25, 0.3) is 5.70 Å². The molecule has 21 heavy (non-hydrogen) atoms. The van der Waals surface area contributed by atoms with Gasteiger partial charge in [0.15, 0.2) is 12.4 Å². The van der Waals surface area contributed by atoms with Crippen LogP contribution < -0.4 is 9.67 Å². The summed E-state index contributed by atoms with van der Waals surface area (Å²) < 4.78 is 1.21. The van der Waals surface area contributed by atoms with Crippen LogP contribution in [-0.2, 0) is 16.0 Å². The number of carbonyl (C=O) groups excluding carboxylic acids is 1. The number of aromatic nitrogens is 1. The molecule has 106 valence electrons. The molecule has 0 unspecified atom stereocenters. The maximum atomic E-state index is 10.9. The summed E-state index contributed by atoms with van der Waals surface area (Å²) in [5.74, 6) is -2.88. The quantitative estimate of drug-likeness (QED) is 0.629. The van der Waals surface area contributed by atoms with Crippen LogP contribution in [0.1, 0.15) is 11.1 Å². The van der Waals surface area contributed by atoms with Gasteiger partial charge in [0.2, 0.25) is 5.70 Å². The molecule has 0 bridgehead atoms. The lowest BCUT2D eigenvalue weighted by Crippen LogP contribution is -2.42. The monoisotopic (exact) mass is 283 g/mol. The molecule has 1 aromatic heterocycles. The SMILES string of the molecule is O=C(O)/C=C(/C(=O)[O-])[n+]1ccc(Cc2ccccc2)cc1. The summed E-state index contributed by atoms with van der Waals surface area (Å²) in [4.78, 5) is 21.6. The number of nitrogens with zero attached hydrogens (tertiary/aromatic N) is 1. The molecule has 0 radical (unpaired) electrons. The standard InChI is InChI=1S/C16H13NO4/c18-15(19)11-14(16(20)21)17-8-6-13(7-9-17)10-12-4-2-1-3-5-12/h1-9,11H,10H2,(H-,18,19,20,21)/b14-11-. The normalized spacial score (nSPS) is 11.1. The van der Waals surface area contributed by atoms with E-state index in [9.17, 15) is 14.7 Å². The van der Waals surface area contributed by atoms with Gasteiger partial charge >= 0.3 is 5.97 Å². The highest BCUT2D eigenvalue weighted by Crippen LogP contribution is 2.07. The van der Waals surface area contributed by atoms with Gasteiger partial charge in [-0.25, -0.2) is 4.79 Å². The van der Waals surface area contributed by atoms with E-state index in [0.717, 1.165) is 11.1 Å². The summed E-state index contributed by atoms with van der Waals surface area (Å²) in [6, 6.07) is 13.3. The van der Waals surface area contributed by atoms with Crippen LogP contribution in [0.15, 0.2) is 60.9 Å². The number of hydrogen-bond donors (Lipinski definition) is 1. The number of hydrogen-bond acceptors (Lipinski definition) is 3. The van der Waals surface area contributed by atoms with Gasteiger partial charge in [0, 0.05) is 12.1 Å². The number of benzene rings is 1. The van der Waals surface area contributed by atoms with Crippen molar-refractivity contribution in [2.24, 2.45) is 0 Å². The molecule has 1 N–H and O–H groups in total. The Bertz CT molecular complexity index is 675. The lowest BCUT2D eigenvalue weighted by atomic mass is 10.1. The van der Waals surface area contributed by atoms with Crippen molar-refractivity contribution in [2.45, 2.75) is 6.42 Å². The predicted octanol–water partition coefficient (Wildman–Crippen LogP) is 0.240. The lowest BCUT2D eigenvalue weighted by Gasteiger charge is -2.04. The van der Waals surface area contributed by atoms with Crippen LogP contribution in [0.2, 0.25) is 0 Å². The highest BCUT2D eigenvalue weighted by molar-refractivity contribution is 6.08. The number of aliphatic carboxylic acids is 2. The van der Waals surface area contributed by atoms with Gasteiger partial charge in [-0.15, -0.1) is 0 Å². The predicted molar refractivity (Wildman–Crippen MR) is 72.8 cm³/mol. The van der Waals surface area contributed by atoms with Crippen LogP contribution in [0.3, 0.4) is 0 Å². The Morgan fingerprint density at radius 1 is 1.05 bits per heavy atom. The molecule has 1 aromatic carbocycles. The van der Waals surface area contributed by atoms with Crippen molar-refractivity contribution >= 4 is 17.6 Å². The molecule has 5 nitrogen and oxygen atoms in total. The van der Waals surface area contributed by atoms with Crippen LogP contribution in [0.5, 0.6) is 0 Å². The summed E-state index contributed by atoms with van der Waals surface area (Å²) in [7, 11) is 0. The first-order valence-corrected chi connectivity index (χ1v) is 6.27. The molecule has 0 spiro atoms. The third-order valence-electron chi connectivity index (χ3n) is 2.90. The van der Waals surface area contributed by atoms with Gasteiger partial charge in [-0.1, -0.05) is 30.3 Å². The summed E-state index contributed by atoms with van der Waals surface area (Å²) in [6.45, 7) is 0. The fourth-order valence-electron chi connectivity index (χ4n) is 1.92. The average Bonchev–Trinajstić information content (AvgIpc) is 2.46. The van der Waals surface area contributed by atoms with E-state index in [1.165, 1.54) is 17.0 Å². The molecule has 0 atom stereocenters. The van der Waals surface area contributed by atoms with Crippen LogP contribution in [-0.4, -0.2) is 17.0 Å². The zero-order chi connectivity index (χ0) is 15.2. The van der Waals surface area contributed by atoms with Crippen molar-refractivity contribution in [1.82, 2.24) is 0 Å². The molecule has 0 amide bonds. The second-order valence-electron chi connectivity index (χ2n) is 4.43. The van der Waals surface area contributed by atoms with Crippen molar-refractivity contribution < 1.29 is 24.4 Å². The van der Waals surface area contributed by atoms with E-state index in [4.69, 9.17) is 5.11 Å². The van der Waals surface area contributed by atoms with Gasteiger partial charge in [0.25, 0.3) is 0 Å². The highest BCUT2D eigenvalue weighted by atomic mass is 16.4. The minimum atomic E-state index is -1.54. The zero-order valence-corrected chi connectivity index (χ0v) is 11.1. The first-order chi connectivity index (χ1) is 10.1. The Balaban J connectivity index is 2.22. The van der Waals surface area contributed by atoms with Crippen molar-refractivity contribution in [3.63, 3.8) is 0 Å². The van der Waals surface area contributed by atoms with Gasteiger partial charge in [-0.05, 0) is 17.5 Å². The molecule has 0 aliphatic rings. The van der Waals surface area contributed by atoms with Crippen molar-refractivity contribution in [3.05, 3.63) is 72.1 Å². The summed E-state index contributed by atoms with van der Waals surface area (Å²) in [5.41, 5.74) is 1.70. The second kappa shape index (κ2) is 6.47. The van der Waals surface area contributed by atoms with Crippen molar-refractivity contribution in [1.29, 1.82) is 0 Å². The second-order valence-corrected chi connectivity index (χ2v) is 4.43. The Kier molecular flexibility index (Phi) is 4.46. The summed E-state index contributed by atoms with van der Waals surface area (Å²) in [6.07, 6.45) is 4.32. The molecule has 2 rings (SSSR count). The topological polar surface area (TPSA) is 81.3 Å². The van der Waals surface area contributed by atoms with E-state index in [1.54, 1.807) is 12.1 Å². The van der Waals surface area contributed by atoms with Gasteiger partial charge in [-0.3, -0.25) is 0 Å². The largest absolute Gasteiger partial charge is 0.539 e. The van der Waals surface area contributed by atoms with Crippen LogP contribution in [0, 0.1) is 0 Å².